The standard InChI is InChI=1S/C10H13BrClNO/c1-10(5-13,6-14)7-2-8(11)4-9(12)3-7/h2-4,14H,5-6,13H2,1H3. The molecule has 0 saturated heterocycles. The summed E-state index contributed by atoms with van der Waals surface area (Å²) in [7, 11) is 0. The van der Waals surface area contributed by atoms with Crippen LogP contribution in [0, 0.1) is 0 Å². The smallest absolute Gasteiger partial charge is 0.0537 e. The van der Waals surface area contributed by atoms with Gasteiger partial charge in [-0.25, -0.2) is 0 Å². The van der Waals surface area contributed by atoms with Gasteiger partial charge >= 0.3 is 0 Å². The molecule has 0 saturated carbocycles. The van der Waals surface area contributed by atoms with E-state index in [0.717, 1.165) is 10.0 Å². The van der Waals surface area contributed by atoms with Gasteiger partial charge in [0.2, 0.25) is 0 Å². The van der Waals surface area contributed by atoms with Crippen molar-refractivity contribution in [3.05, 3.63) is 33.3 Å². The van der Waals surface area contributed by atoms with Gasteiger partial charge in [-0.2, -0.15) is 0 Å². The number of hydrogen-bond acceptors (Lipinski definition) is 2. The normalized spacial score (nSPS) is 15.2. The second-order valence-electron chi connectivity index (χ2n) is 3.58. The van der Waals surface area contributed by atoms with Gasteiger partial charge in [-0.1, -0.05) is 34.5 Å². The monoisotopic (exact) mass is 277 g/mol. The third-order valence-corrected chi connectivity index (χ3v) is 3.04. The molecule has 0 aromatic heterocycles. The fraction of sp³-hybridized carbons (Fsp3) is 0.400. The Bertz CT molecular complexity index is 306. The molecule has 0 radical (unpaired) electrons. The van der Waals surface area contributed by atoms with Gasteiger partial charge in [0.25, 0.3) is 0 Å². The molecule has 0 heterocycles. The Morgan fingerprint density at radius 3 is 2.57 bits per heavy atom. The summed E-state index contributed by atoms with van der Waals surface area (Å²) in [6.07, 6.45) is 0. The van der Waals surface area contributed by atoms with Crippen LogP contribution >= 0.6 is 27.5 Å². The van der Waals surface area contributed by atoms with Crippen LogP contribution in [0.4, 0.5) is 0 Å². The van der Waals surface area contributed by atoms with Crippen LogP contribution in [0.15, 0.2) is 22.7 Å². The van der Waals surface area contributed by atoms with Crippen LogP contribution in [0.3, 0.4) is 0 Å². The minimum Gasteiger partial charge on any atom is -0.395 e. The van der Waals surface area contributed by atoms with E-state index < -0.39 is 5.41 Å². The Morgan fingerprint density at radius 1 is 1.50 bits per heavy atom. The van der Waals surface area contributed by atoms with E-state index >= 15 is 0 Å². The van der Waals surface area contributed by atoms with Gasteiger partial charge in [0.05, 0.1) is 6.61 Å². The highest BCUT2D eigenvalue weighted by atomic mass is 79.9. The molecule has 1 aromatic rings. The summed E-state index contributed by atoms with van der Waals surface area (Å²) in [5.74, 6) is 0. The van der Waals surface area contributed by atoms with Crippen molar-refractivity contribution in [2.24, 2.45) is 5.73 Å². The van der Waals surface area contributed by atoms with Crippen molar-refractivity contribution in [2.75, 3.05) is 13.2 Å². The van der Waals surface area contributed by atoms with E-state index in [1.807, 2.05) is 19.1 Å². The van der Waals surface area contributed by atoms with Crippen molar-refractivity contribution >= 4 is 27.5 Å². The molecule has 1 atom stereocenters. The first-order valence-corrected chi connectivity index (χ1v) is 5.46. The van der Waals surface area contributed by atoms with Crippen molar-refractivity contribution in [1.29, 1.82) is 0 Å². The summed E-state index contributed by atoms with van der Waals surface area (Å²) in [4.78, 5) is 0. The molecule has 0 fully saturated rings. The molecule has 78 valence electrons. The molecule has 0 bridgehead atoms. The molecule has 0 spiro atoms. The van der Waals surface area contributed by atoms with Crippen LogP contribution in [0.5, 0.6) is 0 Å². The molecular weight excluding hydrogens is 265 g/mol. The highest BCUT2D eigenvalue weighted by Crippen LogP contribution is 2.28. The second-order valence-corrected chi connectivity index (χ2v) is 4.93. The van der Waals surface area contributed by atoms with Crippen molar-refractivity contribution in [1.82, 2.24) is 0 Å². The predicted octanol–water partition coefficient (Wildman–Crippen LogP) is 2.31. The van der Waals surface area contributed by atoms with Crippen LogP contribution in [-0.4, -0.2) is 18.3 Å². The number of nitrogens with two attached hydrogens (primary N) is 1. The molecule has 0 aliphatic rings. The SMILES string of the molecule is CC(CN)(CO)c1cc(Cl)cc(Br)c1. The molecule has 14 heavy (non-hydrogen) atoms. The summed E-state index contributed by atoms with van der Waals surface area (Å²) in [5.41, 5.74) is 6.15. The van der Waals surface area contributed by atoms with E-state index in [1.165, 1.54) is 0 Å². The highest BCUT2D eigenvalue weighted by Gasteiger charge is 2.24. The van der Waals surface area contributed by atoms with Crippen LogP contribution < -0.4 is 5.73 Å². The lowest BCUT2D eigenvalue weighted by atomic mass is 9.83. The zero-order valence-corrected chi connectivity index (χ0v) is 10.3. The number of hydrogen-bond donors (Lipinski definition) is 2. The maximum atomic E-state index is 9.28. The largest absolute Gasteiger partial charge is 0.395 e. The summed E-state index contributed by atoms with van der Waals surface area (Å²) < 4.78 is 0.896. The highest BCUT2D eigenvalue weighted by molar-refractivity contribution is 9.10. The Kier molecular flexibility index (Phi) is 3.95. The van der Waals surface area contributed by atoms with E-state index in [4.69, 9.17) is 17.3 Å². The average molecular weight is 279 g/mol. The Balaban J connectivity index is 3.17. The summed E-state index contributed by atoms with van der Waals surface area (Å²) in [6.45, 7) is 2.30. The summed E-state index contributed by atoms with van der Waals surface area (Å²) in [5, 5.41) is 9.92. The van der Waals surface area contributed by atoms with Crippen molar-refractivity contribution in [2.45, 2.75) is 12.3 Å². The summed E-state index contributed by atoms with van der Waals surface area (Å²) >= 11 is 9.27. The quantitative estimate of drug-likeness (QED) is 0.891. The molecule has 3 N–H and O–H groups in total. The molecule has 0 aliphatic carbocycles. The van der Waals surface area contributed by atoms with Crippen LogP contribution in [0.2, 0.25) is 5.02 Å². The third kappa shape index (κ3) is 2.48. The van der Waals surface area contributed by atoms with Gasteiger partial charge in [-0.15, -0.1) is 0 Å². The topological polar surface area (TPSA) is 46.2 Å². The van der Waals surface area contributed by atoms with E-state index in [2.05, 4.69) is 15.9 Å². The zero-order valence-electron chi connectivity index (χ0n) is 7.93. The number of benzene rings is 1. The van der Waals surface area contributed by atoms with Crippen molar-refractivity contribution < 1.29 is 5.11 Å². The predicted molar refractivity (Wildman–Crippen MR) is 62.6 cm³/mol. The Labute approximate surface area is 97.2 Å². The van der Waals surface area contributed by atoms with Gasteiger partial charge < -0.3 is 10.8 Å². The average Bonchev–Trinajstić information content (AvgIpc) is 2.15. The molecule has 1 unspecified atom stereocenters. The zero-order chi connectivity index (χ0) is 10.8. The van der Waals surface area contributed by atoms with Gasteiger partial charge in [-0.05, 0) is 23.8 Å². The van der Waals surface area contributed by atoms with E-state index in [-0.39, 0.29) is 6.61 Å². The molecule has 2 nitrogen and oxygen atoms in total. The Hall–Kier alpha value is -0.0900. The lowest BCUT2D eigenvalue weighted by Crippen LogP contribution is -2.35. The van der Waals surface area contributed by atoms with E-state index in [9.17, 15) is 5.11 Å². The molecule has 1 rings (SSSR count). The lowest BCUT2D eigenvalue weighted by molar-refractivity contribution is 0.210. The summed E-state index contributed by atoms with van der Waals surface area (Å²) in [6, 6.07) is 5.56. The van der Waals surface area contributed by atoms with Crippen LogP contribution in [-0.2, 0) is 5.41 Å². The van der Waals surface area contributed by atoms with E-state index in [0.29, 0.717) is 11.6 Å². The van der Waals surface area contributed by atoms with Gasteiger partial charge in [0.15, 0.2) is 0 Å². The van der Waals surface area contributed by atoms with Gasteiger partial charge in [0.1, 0.15) is 0 Å². The number of aliphatic hydroxyl groups is 1. The maximum absolute atomic E-state index is 9.28. The third-order valence-electron chi connectivity index (χ3n) is 2.36. The molecule has 1 aromatic carbocycles. The molecule has 0 amide bonds. The lowest BCUT2D eigenvalue weighted by Gasteiger charge is -2.26. The van der Waals surface area contributed by atoms with Crippen LogP contribution in [0.1, 0.15) is 12.5 Å². The fourth-order valence-electron chi connectivity index (χ4n) is 1.18. The number of aliphatic hydroxyl groups excluding tert-OH is 1. The fourth-order valence-corrected chi connectivity index (χ4v) is 2.04. The molecule has 4 heteroatoms. The second kappa shape index (κ2) is 4.62. The van der Waals surface area contributed by atoms with Crippen LogP contribution in [0.25, 0.3) is 0 Å². The number of rotatable bonds is 3. The minimum atomic E-state index is -0.423. The van der Waals surface area contributed by atoms with E-state index in [1.54, 1.807) is 6.07 Å². The number of halogens is 2. The van der Waals surface area contributed by atoms with Crippen molar-refractivity contribution in [3.63, 3.8) is 0 Å². The Morgan fingerprint density at radius 2 is 2.14 bits per heavy atom. The van der Waals surface area contributed by atoms with Gasteiger partial charge in [-0.3, -0.25) is 0 Å². The first-order chi connectivity index (χ1) is 6.51. The maximum Gasteiger partial charge on any atom is 0.0537 e. The first-order valence-electron chi connectivity index (χ1n) is 4.29. The van der Waals surface area contributed by atoms with Crippen molar-refractivity contribution in [3.8, 4) is 0 Å². The molecule has 0 aliphatic heterocycles. The van der Waals surface area contributed by atoms with Gasteiger partial charge in [0, 0.05) is 21.5 Å². The first kappa shape index (κ1) is 12.0. The molecular formula is C10H13BrClNO. The minimum absolute atomic E-state index is 0.0102.